The fourth-order valence-corrected chi connectivity index (χ4v) is 4.58. The van der Waals surface area contributed by atoms with Crippen LogP contribution in [-0.4, -0.2) is 35.1 Å². The van der Waals surface area contributed by atoms with Crippen LogP contribution in [0.4, 0.5) is 0 Å². The van der Waals surface area contributed by atoms with Gasteiger partial charge in [-0.1, -0.05) is 90.4 Å². The normalized spacial score (nSPS) is 11.8. The first-order valence-corrected chi connectivity index (χ1v) is 13.2. The summed E-state index contributed by atoms with van der Waals surface area (Å²) in [5.74, 6) is 0.416. The van der Waals surface area contributed by atoms with E-state index in [1.54, 1.807) is 4.90 Å². The number of nitrogens with one attached hydrogen (secondary N) is 1. The molecule has 0 fully saturated rings. The highest BCUT2D eigenvalue weighted by Crippen LogP contribution is 2.21. The van der Waals surface area contributed by atoms with E-state index in [-0.39, 0.29) is 17.6 Å². The van der Waals surface area contributed by atoms with E-state index < -0.39 is 6.04 Å². The average Bonchev–Trinajstić information content (AvgIpc) is 2.85. The molecule has 178 valence electrons. The maximum Gasteiger partial charge on any atom is 0.243 e. The molecular formula is C28H31BrN2O2S. The zero-order chi connectivity index (χ0) is 24.3. The van der Waals surface area contributed by atoms with Crippen molar-refractivity contribution in [3.63, 3.8) is 0 Å². The van der Waals surface area contributed by atoms with Gasteiger partial charge in [-0.15, -0.1) is 11.8 Å². The Hall–Kier alpha value is -2.57. The number of rotatable bonds is 11. The van der Waals surface area contributed by atoms with E-state index in [9.17, 15) is 9.59 Å². The molecule has 4 nitrogen and oxygen atoms in total. The van der Waals surface area contributed by atoms with Crippen molar-refractivity contribution in [1.29, 1.82) is 0 Å². The molecule has 1 unspecified atom stereocenters. The number of benzene rings is 3. The Balaban J connectivity index is 1.88. The second kappa shape index (κ2) is 13.4. The maximum atomic E-state index is 13.6. The van der Waals surface area contributed by atoms with Crippen molar-refractivity contribution in [2.75, 3.05) is 12.3 Å². The largest absolute Gasteiger partial charge is 0.354 e. The van der Waals surface area contributed by atoms with Crippen molar-refractivity contribution >= 4 is 39.5 Å². The zero-order valence-corrected chi connectivity index (χ0v) is 22.0. The Morgan fingerprint density at radius 2 is 1.50 bits per heavy atom. The quantitative estimate of drug-likeness (QED) is 0.306. The lowest BCUT2D eigenvalue weighted by atomic mass is 10.0. The monoisotopic (exact) mass is 538 g/mol. The molecule has 34 heavy (non-hydrogen) atoms. The van der Waals surface area contributed by atoms with Gasteiger partial charge in [0.1, 0.15) is 6.04 Å². The van der Waals surface area contributed by atoms with Crippen molar-refractivity contribution < 1.29 is 9.59 Å². The van der Waals surface area contributed by atoms with Crippen LogP contribution in [0.3, 0.4) is 0 Å². The highest BCUT2D eigenvalue weighted by Gasteiger charge is 2.30. The van der Waals surface area contributed by atoms with E-state index in [0.29, 0.717) is 25.4 Å². The summed E-state index contributed by atoms with van der Waals surface area (Å²) in [5.41, 5.74) is 2.01. The summed E-state index contributed by atoms with van der Waals surface area (Å²) in [6, 6.07) is 27.1. The molecule has 0 radical (unpaired) electrons. The zero-order valence-electron chi connectivity index (χ0n) is 19.6. The standard InChI is InChI=1S/C28H31BrN2O2S/c1-21(2)18-30-28(33)26(17-22-9-5-3-6-10-22)31(19-23-13-15-24(29)16-14-23)27(32)20-34-25-11-7-4-8-12-25/h3-16,21,26H,17-20H2,1-2H3,(H,30,33). The molecule has 3 aromatic rings. The van der Waals surface area contributed by atoms with Crippen LogP contribution >= 0.6 is 27.7 Å². The minimum atomic E-state index is -0.603. The van der Waals surface area contributed by atoms with Gasteiger partial charge in [-0.25, -0.2) is 0 Å². The number of nitrogens with zero attached hydrogens (tertiary/aromatic N) is 1. The second-order valence-electron chi connectivity index (χ2n) is 8.59. The van der Waals surface area contributed by atoms with Gasteiger partial charge in [-0.05, 0) is 41.3 Å². The summed E-state index contributed by atoms with van der Waals surface area (Å²) in [6.45, 7) is 5.07. The van der Waals surface area contributed by atoms with Crippen molar-refractivity contribution in [2.45, 2.75) is 37.8 Å². The van der Waals surface area contributed by atoms with Crippen molar-refractivity contribution in [1.82, 2.24) is 10.2 Å². The summed E-state index contributed by atoms with van der Waals surface area (Å²) in [5, 5.41) is 3.06. The third-order valence-electron chi connectivity index (χ3n) is 5.33. The highest BCUT2D eigenvalue weighted by molar-refractivity contribution is 9.10. The third kappa shape index (κ3) is 8.33. The summed E-state index contributed by atoms with van der Waals surface area (Å²) < 4.78 is 0.976. The van der Waals surface area contributed by atoms with Crippen LogP contribution in [0.1, 0.15) is 25.0 Å². The Bertz CT molecular complexity index is 1040. The molecule has 3 rings (SSSR count). The summed E-state index contributed by atoms with van der Waals surface area (Å²) >= 11 is 4.97. The molecule has 0 saturated carbocycles. The minimum absolute atomic E-state index is 0.0580. The predicted octanol–water partition coefficient (Wildman–Crippen LogP) is 5.95. The minimum Gasteiger partial charge on any atom is -0.354 e. The Labute approximate surface area is 215 Å². The molecule has 2 amide bonds. The maximum absolute atomic E-state index is 13.6. The number of carbonyl (C=O) groups excluding carboxylic acids is 2. The number of hydrogen-bond donors (Lipinski definition) is 1. The number of thioether (sulfide) groups is 1. The van der Waals surface area contributed by atoms with E-state index in [1.807, 2.05) is 84.9 Å². The number of amides is 2. The van der Waals surface area contributed by atoms with Crippen LogP contribution < -0.4 is 5.32 Å². The molecule has 0 heterocycles. The average molecular weight is 540 g/mol. The predicted molar refractivity (Wildman–Crippen MR) is 144 cm³/mol. The fourth-order valence-electron chi connectivity index (χ4n) is 3.51. The van der Waals surface area contributed by atoms with Gasteiger partial charge in [0.15, 0.2) is 0 Å². The number of carbonyl (C=O) groups is 2. The van der Waals surface area contributed by atoms with E-state index in [2.05, 4.69) is 35.1 Å². The van der Waals surface area contributed by atoms with Crippen LogP contribution in [-0.2, 0) is 22.6 Å². The first-order chi connectivity index (χ1) is 16.4. The van der Waals surface area contributed by atoms with Gasteiger partial charge in [0, 0.05) is 28.9 Å². The van der Waals surface area contributed by atoms with E-state index in [4.69, 9.17) is 0 Å². The Kier molecular flexibility index (Phi) is 10.2. The Morgan fingerprint density at radius 3 is 2.12 bits per heavy atom. The molecule has 3 aromatic carbocycles. The van der Waals surface area contributed by atoms with E-state index in [0.717, 1.165) is 20.5 Å². The van der Waals surface area contributed by atoms with Gasteiger partial charge in [-0.3, -0.25) is 9.59 Å². The van der Waals surface area contributed by atoms with Crippen molar-refractivity contribution in [2.24, 2.45) is 5.92 Å². The fraction of sp³-hybridized carbons (Fsp3) is 0.286. The van der Waals surface area contributed by atoms with Gasteiger partial charge in [-0.2, -0.15) is 0 Å². The molecule has 6 heteroatoms. The van der Waals surface area contributed by atoms with Crippen molar-refractivity contribution in [3.05, 3.63) is 101 Å². The highest BCUT2D eigenvalue weighted by atomic mass is 79.9. The Morgan fingerprint density at radius 1 is 0.882 bits per heavy atom. The molecule has 1 atom stereocenters. The lowest BCUT2D eigenvalue weighted by Crippen LogP contribution is -2.51. The van der Waals surface area contributed by atoms with Gasteiger partial charge in [0.25, 0.3) is 0 Å². The van der Waals surface area contributed by atoms with E-state index in [1.165, 1.54) is 11.8 Å². The lowest BCUT2D eigenvalue weighted by Gasteiger charge is -2.32. The molecule has 0 bridgehead atoms. The van der Waals surface area contributed by atoms with E-state index >= 15 is 0 Å². The van der Waals surface area contributed by atoms with Gasteiger partial charge < -0.3 is 10.2 Å². The molecule has 0 aromatic heterocycles. The molecule has 0 aliphatic rings. The smallest absolute Gasteiger partial charge is 0.243 e. The van der Waals surface area contributed by atoms with Crippen LogP contribution in [0.5, 0.6) is 0 Å². The molecule has 0 spiro atoms. The second-order valence-corrected chi connectivity index (χ2v) is 10.6. The van der Waals surface area contributed by atoms with Crippen molar-refractivity contribution in [3.8, 4) is 0 Å². The lowest BCUT2D eigenvalue weighted by molar-refractivity contribution is -0.139. The molecular weight excluding hydrogens is 508 g/mol. The first kappa shape index (κ1) is 26.0. The van der Waals surface area contributed by atoms with Crippen LogP contribution in [0, 0.1) is 5.92 Å². The van der Waals surface area contributed by atoms with Gasteiger partial charge in [0.2, 0.25) is 11.8 Å². The molecule has 1 N–H and O–H groups in total. The van der Waals surface area contributed by atoms with Crippen LogP contribution in [0.2, 0.25) is 0 Å². The van der Waals surface area contributed by atoms with Gasteiger partial charge >= 0.3 is 0 Å². The SMILES string of the molecule is CC(C)CNC(=O)C(Cc1ccccc1)N(Cc1ccc(Br)cc1)C(=O)CSc1ccccc1. The summed E-state index contributed by atoms with van der Waals surface area (Å²) in [4.78, 5) is 29.7. The summed E-state index contributed by atoms with van der Waals surface area (Å²) in [6.07, 6.45) is 0.461. The molecule has 0 aliphatic carbocycles. The third-order valence-corrected chi connectivity index (χ3v) is 6.85. The number of halogens is 1. The first-order valence-electron chi connectivity index (χ1n) is 11.5. The molecule has 0 aliphatic heterocycles. The van der Waals surface area contributed by atoms with Gasteiger partial charge in [0.05, 0.1) is 5.75 Å². The van der Waals surface area contributed by atoms with Crippen LogP contribution in [0.15, 0.2) is 94.3 Å². The molecule has 0 saturated heterocycles. The van der Waals surface area contributed by atoms with Crippen LogP contribution in [0.25, 0.3) is 0 Å². The number of hydrogen-bond acceptors (Lipinski definition) is 3. The summed E-state index contributed by atoms with van der Waals surface area (Å²) in [7, 11) is 0. The topological polar surface area (TPSA) is 49.4 Å².